The van der Waals surface area contributed by atoms with Gasteiger partial charge in [-0.3, -0.25) is 9.69 Å². The van der Waals surface area contributed by atoms with Gasteiger partial charge in [-0.2, -0.15) is 0 Å². The number of likely N-dealkylation sites (tertiary alicyclic amines) is 1. The Morgan fingerprint density at radius 1 is 1.31 bits per heavy atom. The Morgan fingerprint density at radius 3 is 2.81 bits per heavy atom. The van der Waals surface area contributed by atoms with Gasteiger partial charge in [-0.05, 0) is 68.5 Å². The number of rotatable bonds is 5. The summed E-state index contributed by atoms with van der Waals surface area (Å²) in [5.41, 5.74) is 6.51. The maximum absolute atomic E-state index is 12.8. The summed E-state index contributed by atoms with van der Waals surface area (Å²) in [5, 5.41) is 23.0. The number of aliphatic hydroxyl groups is 1. The second-order valence-electron chi connectivity index (χ2n) is 11.1. The van der Waals surface area contributed by atoms with Crippen molar-refractivity contribution >= 4 is 5.97 Å². The summed E-state index contributed by atoms with van der Waals surface area (Å²) in [5.74, 6) is 0.862. The highest BCUT2D eigenvalue weighted by atomic mass is 16.6. The standard InChI is InChI=1S/C25H34N2O5/c1-13(2)20(26)23(29)31-17-7-8-25(30)18-11-15-5-6-16(28)21-19(15)24(25,22(17)32-21)9-10-27(18)12-14-3-4-14/h5-6,13-14,17-18,20,22,28,30H,3-4,7-12,26H2,1-2H3/t17-,18-,20+,22+,24+,25-/m1/s1. The van der Waals surface area contributed by atoms with Crippen molar-refractivity contribution in [1.82, 2.24) is 4.90 Å². The number of phenolic OH excluding ortho intramolecular Hbond substituents is 1. The first-order valence-electron chi connectivity index (χ1n) is 12.2. The topological polar surface area (TPSA) is 105 Å². The molecule has 7 nitrogen and oxygen atoms in total. The number of nitrogens with two attached hydrogens (primary N) is 1. The molecule has 5 aliphatic rings. The zero-order valence-corrected chi connectivity index (χ0v) is 18.9. The molecule has 2 saturated carbocycles. The van der Waals surface area contributed by atoms with Crippen LogP contribution in [-0.2, 0) is 21.4 Å². The van der Waals surface area contributed by atoms with Crippen LogP contribution >= 0.6 is 0 Å². The van der Waals surface area contributed by atoms with Gasteiger partial charge in [0.2, 0.25) is 0 Å². The average molecular weight is 443 g/mol. The van der Waals surface area contributed by atoms with Crippen molar-refractivity contribution in [2.45, 2.75) is 87.7 Å². The predicted octanol–water partition coefficient (Wildman–Crippen LogP) is 1.85. The number of hydrogen-bond acceptors (Lipinski definition) is 7. The molecule has 4 N–H and O–H groups in total. The highest BCUT2D eigenvalue weighted by Crippen LogP contribution is 2.65. The van der Waals surface area contributed by atoms with Crippen LogP contribution in [0.15, 0.2) is 12.1 Å². The van der Waals surface area contributed by atoms with Crippen LogP contribution in [0.4, 0.5) is 0 Å². The van der Waals surface area contributed by atoms with Crippen molar-refractivity contribution in [2.75, 3.05) is 13.1 Å². The van der Waals surface area contributed by atoms with E-state index in [1.54, 1.807) is 6.07 Å². The fourth-order valence-corrected chi connectivity index (χ4v) is 7.06. The van der Waals surface area contributed by atoms with E-state index in [0.29, 0.717) is 18.6 Å². The SMILES string of the molecule is CC(C)[C@H](N)C(=O)O[C@@H]1CC[C@@]2(O)[C@H]3Cc4ccc(O)c5c4[C@@]2(CCN3CC2CC2)[C@H]1O5. The van der Waals surface area contributed by atoms with Gasteiger partial charge in [-0.15, -0.1) is 0 Å². The normalized spacial score (nSPS) is 38.2. The number of carbonyl (C=O) groups excluding carboxylic acids is 1. The highest BCUT2D eigenvalue weighted by Gasteiger charge is 2.73. The lowest BCUT2D eigenvalue weighted by Gasteiger charge is -2.64. The van der Waals surface area contributed by atoms with Crippen LogP contribution in [0.5, 0.6) is 11.5 Å². The Morgan fingerprint density at radius 2 is 2.09 bits per heavy atom. The molecule has 1 spiro atoms. The fourth-order valence-electron chi connectivity index (χ4n) is 7.06. The molecule has 32 heavy (non-hydrogen) atoms. The second-order valence-corrected chi connectivity index (χ2v) is 11.1. The number of ether oxygens (including phenoxy) is 2. The van der Waals surface area contributed by atoms with E-state index in [0.717, 1.165) is 43.0 Å². The van der Waals surface area contributed by atoms with E-state index in [1.165, 1.54) is 12.8 Å². The smallest absolute Gasteiger partial charge is 0.323 e. The minimum Gasteiger partial charge on any atom is -0.504 e. The second kappa shape index (κ2) is 6.84. The van der Waals surface area contributed by atoms with Crippen LogP contribution in [0.1, 0.15) is 57.1 Å². The predicted molar refractivity (Wildman–Crippen MR) is 117 cm³/mol. The van der Waals surface area contributed by atoms with Gasteiger partial charge in [0, 0.05) is 18.2 Å². The number of piperidine rings is 1. The zero-order valence-electron chi connectivity index (χ0n) is 18.9. The third kappa shape index (κ3) is 2.62. The Hall–Kier alpha value is -1.83. The number of hydrogen-bond donors (Lipinski definition) is 3. The molecule has 2 heterocycles. The van der Waals surface area contributed by atoms with Crippen molar-refractivity contribution in [3.8, 4) is 11.5 Å². The largest absolute Gasteiger partial charge is 0.504 e. The number of carbonyl (C=O) groups is 1. The molecule has 3 aliphatic carbocycles. The number of nitrogens with zero attached hydrogens (tertiary/aromatic N) is 1. The molecule has 0 radical (unpaired) electrons. The van der Waals surface area contributed by atoms with Crippen LogP contribution in [0.25, 0.3) is 0 Å². The van der Waals surface area contributed by atoms with Crippen molar-refractivity contribution < 1.29 is 24.5 Å². The first kappa shape index (κ1) is 20.8. The molecule has 1 aromatic rings. The lowest BCUT2D eigenvalue weighted by atomic mass is 9.48. The third-order valence-electron chi connectivity index (χ3n) is 8.97. The van der Waals surface area contributed by atoms with Crippen LogP contribution < -0.4 is 10.5 Å². The van der Waals surface area contributed by atoms with E-state index in [2.05, 4.69) is 4.90 Å². The van der Waals surface area contributed by atoms with E-state index < -0.39 is 35.2 Å². The lowest BCUT2D eigenvalue weighted by molar-refractivity contribution is -0.216. The molecule has 2 aliphatic heterocycles. The van der Waals surface area contributed by atoms with Crippen molar-refractivity contribution in [3.63, 3.8) is 0 Å². The minimum absolute atomic E-state index is 0.0144. The Labute approximate surface area is 188 Å². The van der Waals surface area contributed by atoms with Crippen LogP contribution in [0.2, 0.25) is 0 Å². The quantitative estimate of drug-likeness (QED) is 0.598. The van der Waals surface area contributed by atoms with Crippen molar-refractivity contribution in [3.05, 3.63) is 23.3 Å². The summed E-state index contributed by atoms with van der Waals surface area (Å²) in [6.45, 7) is 5.72. The average Bonchev–Trinajstić information content (AvgIpc) is 3.49. The molecular weight excluding hydrogens is 408 g/mol. The molecule has 0 aromatic heterocycles. The summed E-state index contributed by atoms with van der Waals surface area (Å²) in [4.78, 5) is 15.2. The highest BCUT2D eigenvalue weighted by molar-refractivity contribution is 5.76. The molecule has 1 saturated heterocycles. The molecule has 2 bridgehead atoms. The molecule has 0 amide bonds. The first-order valence-corrected chi connectivity index (χ1v) is 12.2. The van der Waals surface area contributed by atoms with Gasteiger partial charge in [0.25, 0.3) is 0 Å². The van der Waals surface area contributed by atoms with Crippen molar-refractivity contribution in [2.24, 2.45) is 17.6 Å². The summed E-state index contributed by atoms with van der Waals surface area (Å²) < 4.78 is 12.4. The van der Waals surface area contributed by atoms with E-state index >= 15 is 0 Å². The number of aromatic hydroxyl groups is 1. The third-order valence-corrected chi connectivity index (χ3v) is 8.97. The van der Waals surface area contributed by atoms with E-state index in [-0.39, 0.29) is 17.7 Å². The molecule has 6 atom stereocenters. The molecule has 0 unspecified atom stereocenters. The number of phenols is 1. The summed E-state index contributed by atoms with van der Waals surface area (Å²) in [7, 11) is 0. The summed E-state index contributed by atoms with van der Waals surface area (Å²) >= 11 is 0. The fraction of sp³-hybridized carbons (Fsp3) is 0.720. The van der Waals surface area contributed by atoms with E-state index in [1.807, 2.05) is 19.9 Å². The van der Waals surface area contributed by atoms with Crippen LogP contribution in [-0.4, -0.2) is 64.1 Å². The molecular formula is C25H34N2O5. The summed E-state index contributed by atoms with van der Waals surface area (Å²) in [6, 6.07) is 3.00. The van der Waals surface area contributed by atoms with Gasteiger partial charge in [0.15, 0.2) is 11.5 Å². The van der Waals surface area contributed by atoms with E-state index in [4.69, 9.17) is 15.2 Å². The molecule has 1 aromatic carbocycles. The van der Waals surface area contributed by atoms with Gasteiger partial charge < -0.3 is 25.4 Å². The van der Waals surface area contributed by atoms with Gasteiger partial charge >= 0.3 is 5.97 Å². The molecule has 3 fully saturated rings. The number of benzene rings is 1. The minimum atomic E-state index is -0.972. The van der Waals surface area contributed by atoms with Gasteiger partial charge in [-0.1, -0.05) is 19.9 Å². The lowest BCUT2D eigenvalue weighted by Crippen LogP contribution is -2.77. The van der Waals surface area contributed by atoms with Crippen molar-refractivity contribution in [1.29, 1.82) is 0 Å². The van der Waals surface area contributed by atoms with E-state index in [9.17, 15) is 15.0 Å². The Balaban J connectivity index is 1.42. The molecule has 6 rings (SSSR count). The monoisotopic (exact) mass is 442 g/mol. The number of esters is 1. The zero-order chi connectivity index (χ0) is 22.4. The van der Waals surface area contributed by atoms with Crippen LogP contribution in [0.3, 0.4) is 0 Å². The van der Waals surface area contributed by atoms with Crippen LogP contribution in [0, 0.1) is 11.8 Å². The maximum Gasteiger partial charge on any atom is 0.323 e. The first-order chi connectivity index (χ1) is 15.3. The van der Waals surface area contributed by atoms with Gasteiger partial charge in [0.05, 0.1) is 11.0 Å². The Bertz CT molecular complexity index is 962. The Kier molecular flexibility index (Phi) is 4.44. The molecule has 7 heteroatoms. The maximum atomic E-state index is 12.8. The summed E-state index contributed by atoms with van der Waals surface area (Å²) in [6.07, 6.45) is 4.10. The van der Waals surface area contributed by atoms with Gasteiger partial charge in [0.1, 0.15) is 18.2 Å². The molecule has 174 valence electrons. The van der Waals surface area contributed by atoms with Gasteiger partial charge in [-0.25, -0.2) is 0 Å².